The lowest BCUT2D eigenvalue weighted by atomic mass is 10.1. The number of rotatable bonds is 8. The smallest absolute Gasteiger partial charge is 0.275 e. The normalized spacial score (nSPS) is 11.0. The Morgan fingerprint density at radius 2 is 2.10 bits per heavy atom. The molecule has 0 fully saturated rings. The van der Waals surface area contributed by atoms with Gasteiger partial charge in [-0.3, -0.25) is 10.2 Å². The molecule has 5 heteroatoms. The summed E-state index contributed by atoms with van der Waals surface area (Å²) < 4.78 is 6.84. The van der Waals surface area contributed by atoms with Gasteiger partial charge in [-0.15, -0.1) is 11.3 Å². The zero-order valence-corrected chi connectivity index (χ0v) is 13.2. The molecule has 1 heterocycles. The fraction of sp³-hybridized carbons (Fsp3) is 0.438. The van der Waals surface area contributed by atoms with Crippen LogP contribution in [0.3, 0.4) is 0 Å². The van der Waals surface area contributed by atoms with Crippen LogP contribution in [-0.2, 0) is 11.3 Å². The Morgan fingerprint density at radius 3 is 2.86 bits per heavy atom. The number of carbonyl (C=O) groups is 1. The Balaban J connectivity index is 2.07. The Morgan fingerprint density at radius 1 is 1.29 bits per heavy atom. The molecule has 1 aromatic carbocycles. The summed E-state index contributed by atoms with van der Waals surface area (Å²) in [5.41, 5.74) is 3.16. The van der Waals surface area contributed by atoms with E-state index in [1.54, 1.807) is 0 Å². The number of fused-ring (bicyclic) bond motifs is 1. The lowest BCUT2D eigenvalue weighted by Gasteiger charge is -2.06. The van der Waals surface area contributed by atoms with Crippen molar-refractivity contribution in [3.8, 4) is 0 Å². The number of benzene rings is 1. The standard InChI is InChI=1S/C16H22N2O2S/c1-2-3-4-7-10-20-11-13-12-8-5-6-9-14(12)21-15(13)16(19)18-17/h5-6,8-9H,2-4,7,10-11,17H2,1H3,(H,18,19). The van der Waals surface area contributed by atoms with E-state index in [0.29, 0.717) is 11.5 Å². The highest BCUT2D eigenvalue weighted by atomic mass is 32.1. The minimum Gasteiger partial charge on any atom is -0.377 e. The number of unbranched alkanes of at least 4 members (excludes halogenated alkanes) is 3. The van der Waals surface area contributed by atoms with Gasteiger partial charge < -0.3 is 4.74 Å². The SMILES string of the molecule is CCCCCCOCc1c(C(=O)NN)sc2ccccc12. The first-order chi connectivity index (χ1) is 10.3. The van der Waals surface area contributed by atoms with Crippen molar-refractivity contribution in [2.45, 2.75) is 39.2 Å². The largest absolute Gasteiger partial charge is 0.377 e. The molecule has 2 aromatic rings. The number of ether oxygens (including phenoxy) is 1. The fourth-order valence-corrected chi connectivity index (χ4v) is 3.41. The topological polar surface area (TPSA) is 64.3 Å². The molecule has 0 bridgehead atoms. The lowest BCUT2D eigenvalue weighted by molar-refractivity contribution is 0.0943. The highest BCUT2D eigenvalue weighted by molar-refractivity contribution is 7.21. The van der Waals surface area contributed by atoms with Gasteiger partial charge in [0.1, 0.15) is 0 Å². The van der Waals surface area contributed by atoms with Crippen LogP contribution >= 0.6 is 11.3 Å². The minimum absolute atomic E-state index is 0.249. The van der Waals surface area contributed by atoms with Crippen molar-refractivity contribution in [1.29, 1.82) is 0 Å². The molecule has 114 valence electrons. The summed E-state index contributed by atoms with van der Waals surface area (Å²) in [4.78, 5) is 12.5. The number of amides is 1. The van der Waals surface area contributed by atoms with Gasteiger partial charge in [0.15, 0.2) is 0 Å². The van der Waals surface area contributed by atoms with E-state index in [2.05, 4.69) is 12.3 Å². The first-order valence-corrected chi connectivity index (χ1v) is 8.18. The van der Waals surface area contributed by atoms with Crippen LogP contribution in [-0.4, -0.2) is 12.5 Å². The maximum Gasteiger partial charge on any atom is 0.275 e. The van der Waals surface area contributed by atoms with Crippen molar-refractivity contribution >= 4 is 27.3 Å². The average molecular weight is 306 g/mol. The Kier molecular flexibility index (Phi) is 6.17. The third-order valence-corrected chi connectivity index (χ3v) is 4.64. The van der Waals surface area contributed by atoms with E-state index in [1.165, 1.54) is 30.6 Å². The molecule has 3 N–H and O–H groups in total. The van der Waals surface area contributed by atoms with Crippen molar-refractivity contribution in [3.63, 3.8) is 0 Å². The molecule has 0 radical (unpaired) electrons. The molecular formula is C16H22N2O2S. The second kappa shape index (κ2) is 8.12. The van der Waals surface area contributed by atoms with Crippen LogP contribution in [0, 0.1) is 0 Å². The molecule has 0 spiro atoms. The number of hydrogen-bond acceptors (Lipinski definition) is 4. The maximum absolute atomic E-state index is 11.9. The second-order valence-electron chi connectivity index (χ2n) is 4.99. The highest BCUT2D eigenvalue weighted by Crippen LogP contribution is 2.31. The lowest BCUT2D eigenvalue weighted by Crippen LogP contribution is -2.30. The van der Waals surface area contributed by atoms with Crippen LogP contribution in [0.15, 0.2) is 24.3 Å². The number of nitrogens with one attached hydrogen (secondary N) is 1. The third-order valence-electron chi connectivity index (χ3n) is 3.42. The van der Waals surface area contributed by atoms with Gasteiger partial charge in [-0.05, 0) is 17.9 Å². The summed E-state index contributed by atoms with van der Waals surface area (Å²) in [5, 5.41) is 1.08. The molecule has 0 aliphatic rings. The van der Waals surface area contributed by atoms with Gasteiger partial charge in [-0.1, -0.05) is 44.4 Å². The summed E-state index contributed by atoms with van der Waals surface area (Å²) in [6.07, 6.45) is 4.72. The van der Waals surface area contributed by atoms with E-state index in [4.69, 9.17) is 10.6 Å². The van der Waals surface area contributed by atoms with E-state index in [-0.39, 0.29) is 5.91 Å². The average Bonchev–Trinajstić information content (AvgIpc) is 2.89. The molecule has 21 heavy (non-hydrogen) atoms. The molecule has 4 nitrogen and oxygen atoms in total. The van der Waals surface area contributed by atoms with Crippen molar-refractivity contribution in [2.75, 3.05) is 6.61 Å². The third kappa shape index (κ3) is 4.03. The first kappa shape index (κ1) is 15.9. The quantitative estimate of drug-likeness (QED) is 0.339. The number of nitrogen functional groups attached to an aromatic ring is 1. The van der Waals surface area contributed by atoms with Crippen molar-refractivity contribution in [3.05, 3.63) is 34.7 Å². The van der Waals surface area contributed by atoms with E-state index < -0.39 is 0 Å². The zero-order chi connectivity index (χ0) is 15.1. The molecule has 0 saturated carbocycles. The molecular weight excluding hydrogens is 284 g/mol. The Bertz CT molecular complexity index is 595. The molecule has 0 unspecified atom stereocenters. The van der Waals surface area contributed by atoms with Crippen molar-refractivity contribution < 1.29 is 9.53 Å². The molecule has 0 atom stereocenters. The highest BCUT2D eigenvalue weighted by Gasteiger charge is 2.17. The number of carbonyl (C=O) groups excluding carboxylic acids is 1. The van der Waals surface area contributed by atoms with E-state index in [9.17, 15) is 4.79 Å². The predicted molar refractivity (Wildman–Crippen MR) is 87.3 cm³/mol. The number of nitrogens with two attached hydrogens (primary N) is 1. The van der Waals surface area contributed by atoms with E-state index >= 15 is 0 Å². The van der Waals surface area contributed by atoms with Crippen molar-refractivity contribution in [2.24, 2.45) is 5.84 Å². The summed E-state index contributed by atoms with van der Waals surface area (Å²) in [6.45, 7) is 3.38. The molecule has 0 aliphatic heterocycles. The maximum atomic E-state index is 11.9. The van der Waals surface area contributed by atoms with Gasteiger partial charge in [-0.2, -0.15) is 0 Å². The van der Waals surface area contributed by atoms with E-state index in [1.807, 2.05) is 24.3 Å². The first-order valence-electron chi connectivity index (χ1n) is 7.37. The second-order valence-corrected chi connectivity index (χ2v) is 6.04. The van der Waals surface area contributed by atoms with Crippen LogP contribution in [0.4, 0.5) is 0 Å². The Labute approximate surface area is 129 Å². The summed E-state index contributed by atoms with van der Waals surface area (Å²) in [7, 11) is 0. The minimum atomic E-state index is -0.249. The van der Waals surface area contributed by atoms with Gasteiger partial charge in [0.05, 0.1) is 11.5 Å². The Hall–Kier alpha value is -1.43. The summed E-state index contributed by atoms with van der Waals surface area (Å²) >= 11 is 1.46. The molecule has 1 aromatic heterocycles. The molecule has 1 amide bonds. The molecule has 0 saturated heterocycles. The van der Waals surface area contributed by atoms with Crippen LogP contribution in [0.25, 0.3) is 10.1 Å². The van der Waals surface area contributed by atoms with Crippen LogP contribution < -0.4 is 11.3 Å². The van der Waals surface area contributed by atoms with Gasteiger partial charge in [0.2, 0.25) is 0 Å². The summed E-state index contributed by atoms with van der Waals surface area (Å²) in [5.74, 6) is 5.02. The van der Waals surface area contributed by atoms with Crippen LogP contribution in [0.5, 0.6) is 0 Å². The number of thiophene rings is 1. The zero-order valence-electron chi connectivity index (χ0n) is 12.4. The molecule has 2 rings (SSSR count). The van der Waals surface area contributed by atoms with Gasteiger partial charge in [-0.25, -0.2) is 5.84 Å². The number of hydrazine groups is 1. The fourth-order valence-electron chi connectivity index (χ4n) is 2.30. The monoisotopic (exact) mass is 306 g/mol. The van der Waals surface area contributed by atoms with E-state index in [0.717, 1.165) is 28.7 Å². The van der Waals surface area contributed by atoms with Crippen LogP contribution in [0.2, 0.25) is 0 Å². The van der Waals surface area contributed by atoms with Gasteiger partial charge in [0, 0.05) is 16.9 Å². The predicted octanol–water partition coefficient (Wildman–Crippen LogP) is 3.60. The van der Waals surface area contributed by atoms with Gasteiger partial charge >= 0.3 is 0 Å². The van der Waals surface area contributed by atoms with Crippen molar-refractivity contribution in [1.82, 2.24) is 5.43 Å². The molecule has 0 aliphatic carbocycles. The van der Waals surface area contributed by atoms with Crippen LogP contribution in [0.1, 0.15) is 47.8 Å². The van der Waals surface area contributed by atoms with Gasteiger partial charge in [0.25, 0.3) is 5.91 Å². The summed E-state index contributed by atoms with van der Waals surface area (Å²) in [6, 6.07) is 7.98. The number of hydrogen-bond donors (Lipinski definition) is 2.